The molecule has 0 aliphatic rings. The Labute approximate surface area is 98.6 Å². The molecule has 2 rings (SSSR count). The van der Waals surface area contributed by atoms with E-state index < -0.39 is 11.6 Å². The first-order valence-corrected chi connectivity index (χ1v) is 5.65. The highest BCUT2D eigenvalue weighted by Gasteiger charge is 2.12. The van der Waals surface area contributed by atoms with Crippen LogP contribution in [-0.4, -0.2) is 6.54 Å². The maximum absolute atomic E-state index is 13.4. The fraction of sp³-hybridized carbons (Fsp3) is 0.385. The molecule has 1 heterocycles. The Kier molecular flexibility index (Phi) is 3.43. The van der Waals surface area contributed by atoms with Crippen molar-refractivity contribution < 1.29 is 13.2 Å². The zero-order valence-corrected chi connectivity index (χ0v) is 9.89. The fourth-order valence-corrected chi connectivity index (χ4v) is 1.67. The van der Waals surface area contributed by atoms with Crippen molar-refractivity contribution in [2.45, 2.75) is 20.4 Å². The molecular formula is C13H15F2NO. The van der Waals surface area contributed by atoms with Crippen LogP contribution in [0.15, 0.2) is 22.6 Å². The van der Waals surface area contributed by atoms with Crippen molar-refractivity contribution in [1.29, 1.82) is 0 Å². The number of halogens is 2. The average molecular weight is 239 g/mol. The van der Waals surface area contributed by atoms with E-state index in [9.17, 15) is 8.78 Å². The summed E-state index contributed by atoms with van der Waals surface area (Å²) in [5.74, 6) is -0.648. The summed E-state index contributed by atoms with van der Waals surface area (Å²) in [7, 11) is 0. The van der Waals surface area contributed by atoms with Crippen molar-refractivity contribution in [3.05, 3.63) is 35.6 Å². The maximum atomic E-state index is 13.4. The van der Waals surface area contributed by atoms with E-state index in [0.29, 0.717) is 23.6 Å². The van der Waals surface area contributed by atoms with Crippen LogP contribution < -0.4 is 5.32 Å². The van der Waals surface area contributed by atoms with Crippen molar-refractivity contribution in [3.8, 4) is 0 Å². The van der Waals surface area contributed by atoms with Gasteiger partial charge in [0.25, 0.3) is 0 Å². The second-order valence-electron chi connectivity index (χ2n) is 4.52. The van der Waals surface area contributed by atoms with E-state index in [0.717, 1.165) is 12.6 Å². The minimum atomic E-state index is -0.919. The topological polar surface area (TPSA) is 25.2 Å². The zero-order chi connectivity index (χ0) is 12.4. The molecule has 1 aromatic heterocycles. The SMILES string of the molecule is CC(C)CNCc1cc2ccc(F)c(F)c2o1. The van der Waals surface area contributed by atoms with Crippen LogP contribution in [0.3, 0.4) is 0 Å². The van der Waals surface area contributed by atoms with Gasteiger partial charge in [-0.15, -0.1) is 0 Å². The highest BCUT2D eigenvalue weighted by atomic mass is 19.2. The number of benzene rings is 1. The standard InChI is InChI=1S/C13H15F2NO/c1-8(2)6-16-7-10-5-9-3-4-11(14)12(15)13(9)17-10/h3-5,8,16H,6-7H2,1-2H3. The molecule has 0 spiro atoms. The van der Waals surface area contributed by atoms with E-state index in [1.165, 1.54) is 6.07 Å². The third-order valence-electron chi connectivity index (χ3n) is 2.48. The van der Waals surface area contributed by atoms with Gasteiger partial charge in [0.1, 0.15) is 5.76 Å². The molecule has 92 valence electrons. The van der Waals surface area contributed by atoms with Gasteiger partial charge in [-0.25, -0.2) is 4.39 Å². The molecule has 17 heavy (non-hydrogen) atoms. The van der Waals surface area contributed by atoms with E-state index in [4.69, 9.17) is 4.42 Å². The van der Waals surface area contributed by atoms with E-state index >= 15 is 0 Å². The van der Waals surface area contributed by atoms with Crippen LogP contribution in [0, 0.1) is 17.6 Å². The van der Waals surface area contributed by atoms with Crippen molar-refractivity contribution in [1.82, 2.24) is 5.32 Å². The summed E-state index contributed by atoms with van der Waals surface area (Å²) in [4.78, 5) is 0. The number of hydrogen-bond donors (Lipinski definition) is 1. The second kappa shape index (κ2) is 4.84. The molecule has 0 aliphatic heterocycles. The van der Waals surface area contributed by atoms with Gasteiger partial charge in [-0.05, 0) is 30.7 Å². The summed E-state index contributed by atoms with van der Waals surface area (Å²) in [6.45, 7) is 5.57. The van der Waals surface area contributed by atoms with Crippen LogP contribution in [0.2, 0.25) is 0 Å². The van der Waals surface area contributed by atoms with Crippen molar-refractivity contribution >= 4 is 11.0 Å². The number of rotatable bonds is 4. The quantitative estimate of drug-likeness (QED) is 0.883. The Morgan fingerprint density at radius 1 is 1.29 bits per heavy atom. The second-order valence-corrected chi connectivity index (χ2v) is 4.52. The van der Waals surface area contributed by atoms with Gasteiger partial charge in [0.15, 0.2) is 11.4 Å². The summed E-state index contributed by atoms with van der Waals surface area (Å²) in [5, 5.41) is 3.77. The maximum Gasteiger partial charge on any atom is 0.201 e. The first-order valence-electron chi connectivity index (χ1n) is 5.65. The van der Waals surface area contributed by atoms with E-state index in [-0.39, 0.29) is 5.58 Å². The molecule has 2 aromatic rings. The van der Waals surface area contributed by atoms with E-state index in [2.05, 4.69) is 19.2 Å². The first-order chi connectivity index (χ1) is 8.08. The van der Waals surface area contributed by atoms with Crippen LogP contribution in [0.1, 0.15) is 19.6 Å². The molecular weight excluding hydrogens is 224 g/mol. The van der Waals surface area contributed by atoms with Gasteiger partial charge >= 0.3 is 0 Å². The Morgan fingerprint density at radius 2 is 2.06 bits per heavy atom. The molecule has 2 nitrogen and oxygen atoms in total. The molecule has 0 aliphatic carbocycles. The van der Waals surface area contributed by atoms with E-state index in [1.807, 2.05) is 0 Å². The Balaban J connectivity index is 2.17. The third-order valence-corrected chi connectivity index (χ3v) is 2.48. The average Bonchev–Trinajstić information content (AvgIpc) is 2.67. The molecule has 4 heteroatoms. The molecule has 0 radical (unpaired) electrons. The van der Waals surface area contributed by atoms with Gasteiger partial charge in [-0.1, -0.05) is 13.8 Å². The third kappa shape index (κ3) is 2.64. The predicted molar refractivity (Wildman–Crippen MR) is 62.7 cm³/mol. The zero-order valence-electron chi connectivity index (χ0n) is 9.89. The molecule has 1 N–H and O–H groups in total. The lowest BCUT2D eigenvalue weighted by Gasteiger charge is -2.04. The van der Waals surface area contributed by atoms with Crippen LogP contribution >= 0.6 is 0 Å². The number of hydrogen-bond acceptors (Lipinski definition) is 2. The van der Waals surface area contributed by atoms with Crippen LogP contribution in [0.25, 0.3) is 11.0 Å². The van der Waals surface area contributed by atoms with Crippen LogP contribution in [-0.2, 0) is 6.54 Å². The minimum Gasteiger partial charge on any atom is -0.457 e. The smallest absolute Gasteiger partial charge is 0.201 e. The summed E-state index contributed by atoms with van der Waals surface area (Å²) >= 11 is 0. The highest BCUT2D eigenvalue weighted by Crippen LogP contribution is 2.23. The highest BCUT2D eigenvalue weighted by molar-refractivity contribution is 5.78. The van der Waals surface area contributed by atoms with Gasteiger partial charge in [0, 0.05) is 5.39 Å². The Morgan fingerprint density at radius 3 is 2.76 bits per heavy atom. The van der Waals surface area contributed by atoms with Gasteiger partial charge in [-0.2, -0.15) is 4.39 Å². The molecule has 0 fully saturated rings. The minimum absolute atomic E-state index is 0.00801. The molecule has 1 aromatic carbocycles. The lowest BCUT2D eigenvalue weighted by Crippen LogP contribution is -2.18. The summed E-state index contributed by atoms with van der Waals surface area (Å²) in [6.07, 6.45) is 0. The number of nitrogens with one attached hydrogen (secondary N) is 1. The van der Waals surface area contributed by atoms with Crippen LogP contribution in [0.5, 0.6) is 0 Å². The Bertz CT molecular complexity index is 519. The van der Waals surface area contributed by atoms with Crippen molar-refractivity contribution in [3.63, 3.8) is 0 Å². The lowest BCUT2D eigenvalue weighted by atomic mass is 10.2. The van der Waals surface area contributed by atoms with Crippen LogP contribution in [0.4, 0.5) is 8.78 Å². The molecule has 0 saturated carbocycles. The summed E-state index contributed by atoms with van der Waals surface area (Å²) in [6, 6.07) is 4.35. The van der Waals surface area contributed by atoms with Crippen molar-refractivity contribution in [2.75, 3.05) is 6.54 Å². The molecule has 0 atom stereocenters. The lowest BCUT2D eigenvalue weighted by molar-refractivity contribution is 0.459. The largest absolute Gasteiger partial charge is 0.457 e. The fourth-order valence-electron chi connectivity index (χ4n) is 1.67. The molecule has 0 amide bonds. The predicted octanol–water partition coefficient (Wildman–Crippen LogP) is 3.46. The Hall–Kier alpha value is -1.42. The van der Waals surface area contributed by atoms with Crippen molar-refractivity contribution in [2.24, 2.45) is 5.92 Å². The summed E-state index contributed by atoms with van der Waals surface area (Å²) in [5.41, 5.74) is -0.00801. The summed E-state index contributed by atoms with van der Waals surface area (Å²) < 4.78 is 31.6. The number of fused-ring (bicyclic) bond motifs is 1. The number of furan rings is 1. The van der Waals surface area contributed by atoms with Gasteiger partial charge < -0.3 is 9.73 Å². The first kappa shape index (κ1) is 12.0. The molecule has 0 bridgehead atoms. The monoisotopic (exact) mass is 239 g/mol. The van der Waals surface area contributed by atoms with E-state index in [1.54, 1.807) is 6.07 Å². The van der Waals surface area contributed by atoms with Gasteiger partial charge in [0.2, 0.25) is 5.82 Å². The molecule has 0 saturated heterocycles. The normalized spacial score (nSPS) is 11.6. The van der Waals surface area contributed by atoms with Gasteiger partial charge in [0.05, 0.1) is 6.54 Å². The molecule has 0 unspecified atom stereocenters. The van der Waals surface area contributed by atoms with Gasteiger partial charge in [-0.3, -0.25) is 0 Å².